The molecular formula is C8H16N. The molecule has 1 saturated heterocycles. The van der Waals surface area contributed by atoms with E-state index in [-0.39, 0.29) is 0 Å². The quantitative estimate of drug-likeness (QED) is 0.594. The van der Waals surface area contributed by atoms with E-state index in [4.69, 9.17) is 0 Å². The van der Waals surface area contributed by atoms with Gasteiger partial charge in [0.25, 0.3) is 0 Å². The van der Waals surface area contributed by atoms with E-state index in [1.807, 2.05) is 0 Å². The van der Waals surface area contributed by atoms with Crippen LogP contribution in [0.3, 0.4) is 0 Å². The first-order valence-corrected chi connectivity index (χ1v) is 3.97. The molecule has 1 nitrogen and oxygen atoms in total. The summed E-state index contributed by atoms with van der Waals surface area (Å²) in [5.41, 5.74) is 0. The Kier molecular flexibility index (Phi) is 3.05. The highest BCUT2D eigenvalue weighted by Gasteiger charge is 2.11. The Morgan fingerprint density at radius 1 is 1.33 bits per heavy atom. The van der Waals surface area contributed by atoms with E-state index in [1.165, 1.54) is 38.8 Å². The first-order valence-electron chi connectivity index (χ1n) is 3.97. The average molecular weight is 126 g/mol. The van der Waals surface area contributed by atoms with E-state index in [0.29, 0.717) is 0 Å². The van der Waals surface area contributed by atoms with Crippen molar-refractivity contribution in [2.24, 2.45) is 0 Å². The summed E-state index contributed by atoms with van der Waals surface area (Å²) in [5.74, 6) is 1.77. The Balaban J connectivity index is 2.08. The molecule has 0 saturated carbocycles. The topological polar surface area (TPSA) is 12.0 Å². The smallest absolute Gasteiger partial charge is 0.00434 e. The number of piperidine rings is 1. The molecule has 0 bridgehead atoms. The Hall–Kier alpha value is -0.0400. The van der Waals surface area contributed by atoms with Gasteiger partial charge in [-0.3, -0.25) is 0 Å². The van der Waals surface area contributed by atoms with Gasteiger partial charge >= 0.3 is 0 Å². The van der Waals surface area contributed by atoms with Gasteiger partial charge in [0.1, 0.15) is 0 Å². The molecule has 1 heterocycles. The summed E-state index contributed by atoms with van der Waals surface area (Å²) >= 11 is 0. The third-order valence-corrected chi connectivity index (χ3v) is 1.91. The van der Waals surface area contributed by atoms with Gasteiger partial charge in [-0.2, -0.15) is 0 Å². The largest absolute Gasteiger partial charge is 0.317 e. The van der Waals surface area contributed by atoms with Gasteiger partial charge in [0.05, 0.1) is 0 Å². The van der Waals surface area contributed by atoms with Crippen LogP contribution in [0.15, 0.2) is 0 Å². The third-order valence-electron chi connectivity index (χ3n) is 1.91. The van der Waals surface area contributed by atoms with Crippen LogP contribution in [0, 0.1) is 5.92 Å². The SMILES string of the molecule is CCC[C]1CCNCC1. The molecule has 1 aliphatic heterocycles. The summed E-state index contributed by atoms with van der Waals surface area (Å²) in [6.45, 7) is 4.69. The Bertz CT molecular complexity index is 62.2. The maximum absolute atomic E-state index is 3.35. The lowest BCUT2D eigenvalue weighted by Gasteiger charge is -2.20. The van der Waals surface area contributed by atoms with Gasteiger partial charge in [-0.1, -0.05) is 13.3 Å². The lowest BCUT2D eigenvalue weighted by molar-refractivity contribution is 0.517. The van der Waals surface area contributed by atoms with Crippen LogP contribution in [0.4, 0.5) is 0 Å². The van der Waals surface area contributed by atoms with Crippen molar-refractivity contribution in [3.05, 3.63) is 5.92 Å². The lowest BCUT2D eigenvalue weighted by atomic mass is 9.94. The molecule has 0 aromatic heterocycles. The first kappa shape index (κ1) is 7.07. The number of rotatable bonds is 2. The molecule has 9 heavy (non-hydrogen) atoms. The molecule has 0 unspecified atom stereocenters. The second kappa shape index (κ2) is 3.89. The van der Waals surface area contributed by atoms with Gasteiger partial charge in [-0.05, 0) is 38.3 Å². The summed E-state index contributed by atoms with van der Waals surface area (Å²) in [5, 5.41) is 3.35. The lowest BCUT2D eigenvalue weighted by Crippen LogP contribution is -2.26. The minimum atomic E-state index is 1.22. The second-order valence-electron chi connectivity index (χ2n) is 2.75. The molecule has 1 fully saturated rings. The zero-order valence-electron chi connectivity index (χ0n) is 6.24. The molecule has 53 valence electrons. The van der Waals surface area contributed by atoms with Crippen molar-refractivity contribution in [3.8, 4) is 0 Å². The average Bonchev–Trinajstić information content (AvgIpc) is 1.91. The summed E-state index contributed by atoms with van der Waals surface area (Å²) in [7, 11) is 0. The van der Waals surface area contributed by atoms with Gasteiger partial charge in [-0.15, -0.1) is 0 Å². The monoisotopic (exact) mass is 126 g/mol. The van der Waals surface area contributed by atoms with Crippen LogP contribution in [0.1, 0.15) is 32.6 Å². The fraction of sp³-hybridized carbons (Fsp3) is 0.875. The molecule has 0 amide bonds. The van der Waals surface area contributed by atoms with Crippen molar-refractivity contribution in [3.63, 3.8) is 0 Å². The van der Waals surface area contributed by atoms with E-state index in [1.54, 1.807) is 5.92 Å². The predicted octanol–water partition coefficient (Wildman–Crippen LogP) is 1.74. The van der Waals surface area contributed by atoms with Gasteiger partial charge in [0, 0.05) is 0 Å². The van der Waals surface area contributed by atoms with Crippen LogP contribution in [-0.2, 0) is 0 Å². The van der Waals surface area contributed by atoms with E-state index >= 15 is 0 Å². The van der Waals surface area contributed by atoms with Crippen molar-refractivity contribution >= 4 is 0 Å². The highest BCUT2D eigenvalue weighted by atomic mass is 14.9. The van der Waals surface area contributed by atoms with Crippen LogP contribution < -0.4 is 5.32 Å². The van der Waals surface area contributed by atoms with Crippen molar-refractivity contribution in [2.75, 3.05) is 13.1 Å². The van der Waals surface area contributed by atoms with E-state index in [2.05, 4.69) is 12.2 Å². The summed E-state index contributed by atoms with van der Waals surface area (Å²) in [6.07, 6.45) is 5.35. The Labute approximate surface area is 57.8 Å². The highest BCUT2D eigenvalue weighted by molar-refractivity contribution is 4.93. The van der Waals surface area contributed by atoms with Crippen LogP contribution in [0.2, 0.25) is 0 Å². The van der Waals surface area contributed by atoms with Gasteiger partial charge in [-0.25, -0.2) is 0 Å². The van der Waals surface area contributed by atoms with Crippen molar-refractivity contribution in [1.82, 2.24) is 5.32 Å². The van der Waals surface area contributed by atoms with E-state index < -0.39 is 0 Å². The van der Waals surface area contributed by atoms with Crippen LogP contribution >= 0.6 is 0 Å². The van der Waals surface area contributed by atoms with Crippen LogP contribution in [0.5, 0.6) is 0 Å². The molecule has 1 radical (unpaired) electrons. The van der Waals surface area contributed by atoms with Gasteiger partial charge in [0.15, 0.2) is 0 Å². The molecule has 1 heteroatoms. The minimum Gasteiger partial charge on any atom is -0.317 e. The first-order chi connectivity index (χ1) is 4.43. The fourth-order valence-corrected chi connectivity index (χ4v) is 1.38. The molecule has 0 aromatic rings. The molecule has 1 N–H and O–H groups in total. The zero-order valence-corrected chi connectivity index (χ0v) is 6.24. The predicted molar refractivity (Wildman–Crippen MR) is 40.3 cm³/mol. The van der Waals surface area contributed by atoms with Crippen LogP contribution in [-0.4, -0.2) is 13.1 Å². The minimum absolute atomic E-state index is 1.22. The third kappa shape index (κ3) is 2.35. The summed E-state index contributed by atoms with van der Waals surface area (Å²) < 4.78 is 0. The normalized spacial score (nSPS) is 22.3. The Morgan fingerprint density at radius 3 is 2.56 bits per heavy atom. The molecule has 1 rings (SSSR count). The molecule has 0 aliphatic carbocycles. The maximum atomic E-state index is 3.35. The van der Waals surface area contributed by atoms with Crippen molar-refractivity contribution in [2.45, 2.75) is 32.6 Å². The van der Waals surface area contributed by atoms with E-state index in [9.17, 15) is 0 Å². The maximum Gasteiger partial charge on any atom is -0.00434 e. The standard InChI is InChI=1S/C8H16N/c1-2-3-8-4-6-9-7-5-8/h9H,2-7H2,1H3. The number of hydrogen-bond donors (Lipinski definition) is 1. The second-order valence-corrected chi connectivity index (χ2v) is 2.75. The summed E-state index contributed by atoms with van der Waals surface area (Å²) in [6, 6.07) is 0. The molecule has 0 spiro atoms. The molecule has 0 atom stereocenters. The molecule has 0 aromatic carbocycles. The van der Waals surface area contributed by atoms with Crippen LogP contribution in [0.25, 0.3) is 0 Å². The highest BCUT2D eigenvalue weighted by Crippen LogP contribution is 2.19. The van der Waals surface area contributed by atoms with Crippen molar-refractivity contribution < 1.29 is 0 Å². The van der Waals surface area contributed by atoms with Gasteiger partial charge < -0.3 is 5.32 Å². The number of hydrogen-bond acceptors (Lipinski definition) is 1. The summed E-state index contributed by atoms with van der Waals surface area (Å²) in [4.78, 5) is 0. The Morgan fingerprint density at radius 2 is 2.00 bits per heavy atom. The van der Waals surface area contributed by atoms with Gasteiger partial charge in [0.2, 0.25) is 0 Å². The zero-order chi connectivity index (χ0) is 6.53. The molecular weight excluding hydrogens is 110 g/mol. The number of nitrogens with one attached hydrogen (secondary N) is 1. The fourth-order valence-electron chi connectivity index (χ4n) is 1.38. The van der Waals surface area contributed by atoms with Crippen molar-refractivity contribution in [1.29, 1.82) is 0 Å². The molecule has 1 aliphatic rings. The van der Waals surface area contributed by atoms with E-state index in [0.717, 1.165) is 0 Å².